The zero-order valence-electron chi connectivity index (χ0n) is 13.4. The number of carbonyl (C=O) groups is 2. The number of unbranched alkanes of at least 4 members (excludes halogenated alkanes) is 10. The Labute approximate surface area is 128 Å². The Bertz CT molecular complexity index is 287. The fraction of sp³-hybridized carbons (Fsp3) is 0.765. The van der Waals surface area contributed by atoms with Gasteiger partial charge in [0.15, 0.2) is 0 Å². The van der Waals surface area contributed by atoms with Crippen molar-refractivity contribution in [3.63, 3.8) is 0 Å². The van der Waals surface area contributed by atoms with E-state index in [2.05, 4.69) is 23.0 Å². The van der Waals surface area contributed by atoms with E-state index in [4.69, 9.17) is 0 Å². The molecule has 0 aliphatic rings. The van der Waals surface area contributed by atoms with E-state index < -0.39 is 12.1 Å². The molecule has 0 bridgehead atoms. The number of ether oxygens (including phenoxy) is 2. The maximum absolute atomic E-state index is 11.2. The molecule has 0 aliphatic carbocycles. The summed E-state index contributed by atoms with van der Waals surface area (Å²) in [5.74, 6) is -0.530. The van der Waals surface area contributed by atoms with Gasteiger partial charge >= 0.3 is 12.1 Å². The van der Waals surface area contributed by atoms with Gasteiger partial charge < -0.3 is 9.47 Å². The van der Waals surface area contributed by atoms with Gasteiger partial charge in [-0.05, 0) is 6.42 Å². The maximum Gasteiger partial charge on any atom is 0.521 e. The monoisotopic (exact) mass is 298 g/mol. The summed E-state index contributed by atoms with van der Waals surface area (Å²) in [5, 5.41) is 0. The standard InChI is InChI=1S/C17H30O4/c1-3-5-6-7-8-9-10-11-12-13-14-15-16(18)21-17(19)20-4-2/h4H,2-3,5-15H2,1H3. The van der Waals surface area contributed by atoms with Crippen molar-refractivity contribution in [3.8, 4) is 0 Å². The van der Waals surface area contributed by atoms with Gasteiger partial charge in [-0.25, -0.2) is 4.79 Å². The molecule has 0 atom stereocenters. The van der Waals surface area contributed by atoms with E-state index >= 15 is 0 Å². The number of rotatable bonds is 13. The average Bonchev–Trinajstić information content (AvgIpc) is 2.45. The molecule has 0 radical (unpaired) electrons. The van der Waals surface area contributed by atoms with Crippen LogP contribution in [-0.2, 0) is 14.3 Å². The smallest absolute Gasteiger partial charge is 0.403 e. The van der Waals surface area contributed by atoms with E-state index in [0.717, 1.165) is 25.5 Å². The van der Waals surface area contributed by atoms with Gasteiger partial charge in [-0.15, -0.1) is 0 Å². The van der Waals surface area contributed by atoms with Crippen LogP contribution < -0.4 is 0 Å². The quantitative estimate of drug-likeness (QED) is 0.195. The van der Waals surface area contributed by atoms with Gasteiger partial charge in [0.1, 0.15) is 0 Å². The summed E-state index contributed by atoms with van der Waals surface area (Å²) in [4.78, 5) is 22.0. The molecule has 0 amide bonds. The Kier molecular flexibility index (Phi) is 14.1. The fourth-order valence-electron chi connectivity index (χ4n) is 2.17. The van der Waals surface area contributed by atoms with E-state index in [1.54, 1.807) is 0 Å². The molecule has 0 aromatic heterocycles. The predicted octanol–water partition coefficient (Wildman–Crippen LogP) is 5.51. The van der Waals surface area contributed by atoms with Gasteiger partial charge in [0.05, 0.1) is 6.26 Å². The highest BCUT2D eigenvalue weighted by atomic mass is 16.7. The van der Waals surface area contributed by atoms with Gasteiger partial charge in [-0.3, -0.25) is 4.79 Å². The lowest BCUT2D eigenvalue weighted by molar-refractivity contribution is -0.139. The fourth-order valence-corrected chi connectivity index (χ4v) is 2.17. The third-order valence-electron chi connectivity index (χ3n) is 3.36. The highest BCUT2D eigenvalue weighted by Gasteiger charge is 2.09. The first-order valence-electron chi connectivity index (χ1n) is 8.23. The van der Waals surface area contributed by atoms with Crippen molar-refractivity contribution in [2.24, 2.45) is 0 Å². The third-order valence-corrected chi connectivity index (χ3v) is 3.36. The molecule has 0 aliphatic heterocycles. The van der Waals surface area contributed by atoms with E-state index in [9.17, 15) is 9.59 Å². The van der Waals surface area contributed by atoms with Crippen molar-refractivity contribution in [1.82, 2.24) is 0 Å². The first kappa shape index (κ1) is 19.7. The van der Waals surface area contributed by atoms with Crippen molar-refractivity contribution >= 4 is 12.1 Å². The highest BCUT2D eigenvalue weighted by molar-refractivity contribution is 5.81. The van der Waals surface area contributed by atoms with Crippen LogP contribution in [0, 0.1) is 0 Å². The van der Waals surface area contributed by atoms with Gasteiger partial charge in [-0.2, -0.15) is 0 Å². The summed E-state index contributed by atoms with van der Waals surface area (Å²) in [6, 6.07) is 0. The summed E-state index contributed by atoms with van der Waals surface area (Å²) >= 11 is 0. The second kappa shape index (κ2) is 15.1. The van der Waals surface area contributed by atoms with Crippen LogP contribution in [0.1, 0.15) is 84.0 Å². The molecule has 0 spiro atoms. The number of carbonyl (C=O) groups excluding carboxylic acids is 2. The van der Waals surface area contributed by atoms with Gasteiger partial charge in [0.2, 0.25) is 0 Å². The summed E-state index contributed by atoms with van der Waals surface area (Å²) in [7, 11) is 0. The Morgan fingerprint density at radius 2 is 1.33 bits per heavy atom. The molecular formula is C17H30O4. The maximum atomic E-state index is 11.2. The van der Waals surface area contributed by atoms with Crippen LogP contribution in [0.5, 0.6) is 0 Å². The molecule has 4 heteroatoms. The van der Waals surface area contributed by atoms with Crippen LogP contribution in [0.15, 0.2) is 12.8 Å². The van der Waals surface area contributed by atoms with Crippen LogP contribution in [0.3, 0.4) is 0 Å². The molecule has 0 saturated carbocycles. The SMILES string of the molecule is C=COC(=O)OC(=O)CCCCCCCCCCCCC. The Hall–Kier alpha value is -1.32. The average molecular weight is 298 g/mol. The predicted molar refractivity (Wildman–Crippen MR) is 83.8 cm³/mol. The molecule has 4 nitrogen and oxygen atoms in total. The summed E-state index contributed by atoms with van der Waals surface area (Å²) in [5.41, 5.74) is 0. The second-order valence-electron chi connectivity index (χ2n) is 5.29. The molecule has 0 rings (SSSR count). The van der Waals surface area contributed by atoms with E-state index in [-0.39, 0.29) is 6.42 Å². The second-order valence-corrected chi connectivity index (χ2v) is 5.29. The zero-order valence-corrected chi connectivity index (χ0v) is 13.4. The molecule has 0 heterocycles. The van der Waals surface area contributed by atoms with E-state index in [0.29, 0.717) is 0 Å². The van der Waals surface area contributed by atoms with E-state index in [1.807, 2.05) is 0 Å². The Morgan fingerprint density at radius 3 is 1.81 bits per heavy atom. The van der Waals surface area contributed by atoms with Crippen LogP contribution in [-0.4, -0.2) is 12.1 Å². The summed E-state index contributed by atoms with van der Waals surface area (Å²) in [6.07, 6.45) is 13.7. The van der Waals surface area contributed by atoms with E-state index in [1.165, 1.54) is 51.4 Å². The molecule has 0 fully saturated rings. The van der Waals surface area contributed by atoms with Crippen molar-refractivity contribution < 1.29 is 19.1 Å². The molecule has 0 aromatic carbocycles. The summed E-state index contributed by atoms with van der Waals surface area (Å²) < 4.78 is 8.71. The minimum Gasteiger partial charge on any atom is -0.403 e. The van der Waals surface area contributed by atoms with Gasteiger partial charge in [0.25, 0.3) is 0 Å². The lowest BCUT2D eigenvalue weighted by Crippen LogP contribution is -2.11. The Balaban J connectivity index is 3.23. The third kappa shape index (κ3) is 14.9. The van der Waals surface area contributed by atoms with Crippen LogP contribution >= 0.6 is 0 Å². The lowest BCUT2D eigenvalue weighted by Gasteiger charge is -2.03. The molecule has 0 unspecified atom stereocenters. The van der Waals surface area contributed by atoms with Crippen molar-refractivity contribution in [2.45, 2.75) is 84.0 Å². The highest BCUT2D eigenvalue weighted by Crippen LogP contribution is 2.12. The molecule has 0 saturated heterocycles. The molecule has 0 N–H and O–H groups in total. The van der Waals surface area contributed by atoms with Crippen molar-refractivity contribution in [1.29, 1.82) is 0 Å². The lowest BCUT2D eigenvalue weighted by atomic mass is 10.1. The van der Waals surface area contributed by atoms with Gasteiger partial charge in [0, 0.05) is 6.42 Å². The van der Waals surface area contributed by atoms with Gasteiger partial charge in [-0.1, -0.05) is 77.7 Å². The molecular weight excluding hydrogens is 268 g/mol. The zero-order chi connectivity index (χ0) is 15.8. The number of esters is 1. The minimum absolute atomic E-state index is 0.267. The molecule has 122 valence electrons. The van der Waals surface area contributed by atoms with Crippen molar-refractivity contribution in [3.05, 3.63) is 12.8 Å². The minimum atomic E-state index is -1.00. The molecule has 21 heavy (non-hydrogen) atoms. The topological polar surface area (TPSA) is 52.6 Å². The number of hydrogen-bond acceptors (Lipinski definition) is 4. The van der Waals surface area contributed by atoms with Crippen LogP contribution in [0.25, 0.3) is 0 Å². The first-order chi connectivity index (χ1) is 10.2. The largest absolute Gasteiger partial charge is 0.521 e. The van der Waals surface area contributed by atoms with Crippen LogP contribution in [0.2, 0.25) is 0 Å². The Morgan fingerprint density at radius 1 is 0.857 bits per heavy atom. The number of hydrogen-bond donors (Lipinski definition) is 0. The van der Waals surface area contributed by atoms with Crippen molar-refractivity contribution in [2.75, 3.05) is 0 Å². The normalized spacial score (nSPS) is 10.1. The van der Waals surface area contributed by atoms with Crippen LogP contribution in [0.4, 0.5) is 4.79 Å². The summed E-state index contributed by atoms with van der Waals surface area (Å²) in [6.45, 7) is 5.44. The first-order valence-corrected chi connectivity index (χ1v) is 8.23. The molecule has 0 aromatic rings.